The van der Waals surface area contributed by atoms with E-state index in [4.69, 9.17) is 14.5 Å². The van der Waals surface area contributed by atoms with Gasteiger partial charge in [0.15, 0.2) is 11.6 Å². The number of hydrogen-bond acceptors (Lipinski definition) is 7. The fraction of sp³-hybridized carbons (Fsp3) is 0.200. The van der Waals surface area contributed by atoms with Crippen molar-refractivity contribution < 1.29 is 9.47 Å². The van der Waals surface area contributed by atoms with Gasteiger partial charge in [-0.25, -0.2) is 4.98 Å². The molecule has 6 aromatic rings. The van der Waals surface area contributed by atoms with Crippen LogP contribution in [-0.4, -0.2) is 61.6 Å². The largest absolute Gasteiger partial charge is 0.487 e. The minimum Gasteiger partial charge on any atom is -0.487 e. The molecule has 0 bridgehead atoms. The summed E-state index contributed by atoms with van der Waals surface area (Å²) in [6, 6.07) is 24.5. The van der Waals surface area contributed by atoms with Crippen molar-refractivity contribution >= 4 is 21.7 Å². The van der Waals surface area contributed by atoms with Gasteiger partial charge in [-0.05, 0) is 59.3 Å². The Balaban J connectivity index is 1.13. The monoisotopic (exact) mass is 517 g/mol. The number of pyridine rings is 1. The fourth-order valence-electron chi connectivity index (χ4n) is 4.94. The van der Waals surface area contributed by atoms with E-state index in [0.717, 1.165) is 87.9 Å². The van der Waals surface area contributed by atoms with E-state index in [1.807, 2.05) is 36.4 Å². The second kappa shape index (κ2) is 10.3. The number of morpholine rings is 1. The normalized spacial score (nSPS) is 14.3. The van der Waals surface area contributed by atoms with Crippen molar-refractivity contribution in [3.63, 3.8) is 0 Å². The maximum atomic E-state index is 5.96. The Labute approximate surface area is 224 Å². The molecule has 0 atom stereocenters. The zero-order chi connectivity index (χ0) is 26.0. The van der Waals surface area contributed by atoms with Gasteiger partial charge in [0.2, 0.25) is 0 Å². The smallest absolute Gasteiger partial charge is 0.165 e. The number of rotatable bonds is 7. The molecule has 0 amide bonds. The minimum atomic E-state index is 0.436. The highest BCUT2D eigenvalue weighted by Gasteiger charge is 2.16. The third kappa shape index (κ3) is 4.97. The van der Waals surface area contributed by atoms with Crippen LogP contribution in [0.15, 0.2) is 79.0 Å². The molecule has 0 unspecified atom stereocenters. The summed E-state index contributed by atoms with van der Waals surface area (Å²) in [7, 11) is 0. The fourth-order valence-corrected chi connectivity index (χ4v) is 4.94. The molecule has 2 N–H and O–H groups in total. The number of nitrogens with zero attached hydrogens (tertiary/aromatic N) is 5. The molecule has 9 nitrogen and oxygen atoms in total. The van der Waals surface area contributed by atoms with E-state index in [2.05, 4.69) is 66.7 Å². The van der Waals surface area contributed by atoms with Gasteiger partial charge in [0.1, 0.15) is 12.4 Å². The van der Waals surface area contributed by atoms with Crippen molar-refractivity contribution in [2.45, 2.75) is 13.2 Å². The van der Waals surface area contributed by atoms with Crippen molar-refractivity contribution in [2.75, 3.05) is 26.3 Å². The van der Waals surface area contributed by atoms with E-state index in [-0.39, 0.29) is 0 Å². The Bertz CT molecular complexity index is 1740. The zero-order valence-corrected chi connectivity index (χ0v) is 21.3. The summed E-state index contributed by atoms with van der Waals surface area (Å²) >= 11 is 0. The van der Waals surface area contributed by atoms with E-state index in [9.17, 15) is 0 Å². The van der Waals surface area contributed by atoms with Crippen LogP contribution in [0.1, 0.15) is 11.5 Å². The molecule has 7 rings (SSSR count). The summed E-state index contributed by atoms with van der Waals surface area (Å²) in [4.78, 5) is 11.4. The minimum absolute atomic E-state index is 0.436. The summed E-state index contributed by atoms with van der Waals surface area (Å²) in [5.74, 6) is 2.36. The lowest BCUT2D eigenvalue weighted by molar-refractivity contribution is 0.0331. The Morgan fingerprint density at radius 1 is 0.846 bits per heavy atom. The Morgan fingerprint density at radius 2 is 1.72 bits per heavy atom. The zero-order valence-electron chi connectivity index (χ0n) is 21.3. The maximum Gasteiger partial charge on any atom is 0.165 e. The van der Waals surface area contributed by atoms with Crippen LogP contribution in [-0.2, 0) is 17.9 Å². The quantitative estimate of drug-likeness (QED) is 0.308. The summed E-state index contributed by atoms with van der Waals surface area (Å²) < 4.78 is 11.4. The van der Waals surface area contributed by atoms with Gasteiger partial charge in [-0.15, -0.1) is 0 Å². The van der Waals surface area contributed by atoms with Crippen LogP contribution in [0.4, 0.5) is 0 Å². The lowest BCUT2D eigenvalue weighted by Crippen LogP contribution is -2.35. The number of hydrogen-bond donors (Lipinski definition) is 2. The topological polar surface area (TPSA) is 105 Å². The van der Waals surface area contributed by atoms with Crippen molar-refractivity contribution in [1.29, 1.82) is 0 Å². The predicted molar refractivity (Wildman–Crippen MR) is 149 cm³/mol. The molecule has 3 aromatic heterocycles. The molecule has 9 heteroatoms. The third-order valence-electron chi connectivity index (χ3n) is 7.03. The Morgan fingerprint density at radius 3 is 2.62 bits per heavy atom. The molecule has 1 fully saturated rings. The highest BCUT2D eigenvalue weighted by molar-refractivity contribution is 5.97. The van der Waals surface area contributed by atoms with Crippen molar-refractivity contribution in [3.8, 4) is 28.4 Å². The molecule has 0 saturated carbocycles. The maximum absolute atomic E-state index is 5.96. The number of aromatic amines is 2. The van der Waals surface area contributed by atoms with Crippen LogP contribution in [0.3, 0.4) is 0 Å². The van der Waals surface area contributed by atoms with Gasteiger partial charge in [-0.1, -0.05) is 24.3 Å². The van der Waals surface area contributed by atoms with E-state index in [0.29, 0.717) is 13.2 Å². The molecule has 1 aliphatic heterocycles. The first-order valence-electron chi connectivity index (χ1n) is 13.1. The molecule has 0 radical (unpaired) electrons. The van der Waals surface area contributed by atoms with Gasteiger partial charge in [-0.3, -0.25) is 20.1 Å². The second-order valence-electron chi connectivity index (χ2n) is 9.65. The first kappa shape index (κ1) is 23.5. The van der Waals surface area contributed by atoms with Crippen molar-refractivity contribution in [1.82, 2.24) is 35.3 Å². The molecular formula is C30H27N7O2. The predicted octanol–water partition coefficient (Wildman–Crippen LogP) is 4.97. The van der Waals surface area contributed by atoms with Gasteiger partial charge in [0.05, 0.1) is 36.7 Å². The summed E-state index contributed by atoms with van der Waals surface area (Å²) in [6.07, 6.45) is 1.78. The lowest BCUT2D eigenvalue weighted by atomic mass is 10.0. The Hall–Kier alpha value is -4.60. The first-order valence-corrected chi connectivity index (χ1v) is 13.1. The van der Waals surface area contributed by atoms with Crippen LogP contribution in [0.25, 0.3) is 44.3 Å². The van der Waals surface area contributed by atoms with Gasteiger partial charge in [0, 0.05) is 35.8 Å². The van der Waals surface area contributed by atoms with Gasteiger partial charge in [0.25, 0.3) is 0 Å². The Kier molecular flexibility index (Phi) is 6.20. The standard InChI is InChI=1S/C30H27N7O2/c1-2-10-31-24(3-1)19-39-25-8-6-20-15-22(5-4-21(20)16-25)29-26-17-23(7-9-27(26)33-35-29)30-32-28(34-36-30)18-37-11-13-38-14-12-37/h1-10,15-17H,11-14,18-19H2,(H,33,35)(H,32,34,36). The van der Waals surface area contributed by atoms with E-state index in [1.54, 1.807) is 6.20 Å². The molecule has 39 heavy (non-hydrogen) atoms. The van der Waals surface area contributed by atoms with Crippen LogP contribution in [0.5, 0.6) is 5.75 Å². The summed E-state index contributed by atoms with van der Waals surface area (Å²) in [5, 5.41) is 18.6. The summed E-state index contributed by atoms with van der Waals surface area (Å²) in [6.45, 7) is 4.47. The number of aromatic nitrogens is 6. The highest BCUT2D eigenvalue weighted by Crippen LogP contribution is 2.32. The molecule has 4 heterocycles. The molecule has 3 aromatic carbocycles. The van der Waals surface area contributed by atoms with E-state index >= 15 is 0 Å². The van der Waals surface area contributed by atoms with Gasteiger partial charge >= 0.3 is 0 Å². The first-order chi connectivity index (χ1) is 19.3. The number of H-pyrrole nitrogens is 2. The van der Waals surface area contributed by atoms with E-state index in [1.165, 1.54) is 0 Å². The average molecular weight is 518 g/mol. The van der Waals surface area contributed by atoms with Crippen LogP contribution >= 0.6 is 0 Å². The average Bonchev–Trinajstić information content (AvgIpc) is 3.64. The molecule has 194 valence electrons. The van der Waals surface area contributed by atoms with Crippen LogP contribution < -0.4 is 4.74 Å². The SMILES string of the molecule is c1ccc(COc2ccc3cc(-c4n[nH]c5ccc(-c6nc(CN7CCOCC7)n[nH]6)cc45)ccc3c2)nc1. The molecule has 0 spiro atoms. The second-order valence-corrected chi connectivity index (χ2v) is 9.65. The molecule has 1 aliphatic rings. The number of fused-ring (bicyclic) bond motifs is 2. The number of ether oxygens (including phenoxy) is 2. The van der Waals surface area contributed by atoms with E-state index < -0.39 is 0 Å². The van der Waals surface area contributed by atoms with Gasteiger partial charge < -0.3 is 9.47 Å². The van der Waals surface area contributed by atoms with Crippen LogP contribution in [0.2, 0.25) is 0 Å². The van der Waals surface area contributed by atoms with Gasteiger partial charge in [-0.2, -0.15) is 10.2 Å². The molecule has 1 saturated heterocycles. The van der Waals surface area contributed by atoms with Crippen molar-refractivity contribution in [3.05, 3.63) is 90.5 Å². The summed E-state index contributed by atoms with van der Waals surface area (Å²) in [5.41, 5.74) is 4.79. The molecule has 0 aliphatic carbocycles. The van der Waals surface area contributed by atoms with Crippen molar-refractivity contribution in [2.24, 2.45) is 0 Å². The molecular weight excluding hydrogens is 490 g/mol. The lowest BCUT2D eigenvalue weighted by Gasteiger charge is -2.25. The number of benzene rings is 3. The number of nitrogens with one attached hydrogen (secondary N) is 2. The third-order valence-corrected chi connectivity index (χ3v) is 7.03. The highest BCUT2D eigenvalue weighted by atomic mass is 16.5. The van der Waals surface area contributed by atoms with Crippen LogP contribution in [0, 0.1) is 0 Å².